The molecule has 0 atom stereocenters. The first kappa shape index (κ1) is 9.48. The molecule has 0 saturated carbocycles. The molecular weight excluding hydrogens is 195 g/mol. The number of nitriles is 1. The molecule has 0 radical (unpaired) electrons. The first-order valence-corrected chi connectivity index (χ1v) is 3.58. The minimum Gasteiger partial charge on any atom is -0.258 e. The van der Waals surface area contributed by atoms with Crippen molar-refractivity contribution in [2.24, 2.45) is 0 Å². The number of nitro groups is 1. The number of benzene rings is 1. The Morgan fingerprint density at radius 1 is 1.62 bits per heavy atom. The zero-order valence-electron chi connectivity index (χ0n) is 6.19. The van der Waals surface area contributed by atoms with Crippen molar-refractivity contribution >= 4 is 18.3 Å². The minimum atomic E-state index is -0.752. The van der Waals surface area contributed by atoms with Crippen molar-refractivity contribution in [3.8, 4) is 6.07 Å². The number of thiol groups is 1. The van der Waals surface area contributed by atoms with Crippen LogP contribution >= 0.6 is 12.6 Å². The van der Waals surface area contributed by atoms with Gasteiger partial charge >= 0.3 is 0 Å². The molecule has 0 aromatic heterocycles. The van der Waals surface area contributed by atoms with E-state index < -0.39 is 16.4 Å². The van der Waals surface area contributed by atoms with Gasteiger partial charge in [0.2, 0.25) is 0 Å². The molecule has 1 aromatic rings. The van der Waals surface area contributed by atoms with Crippen LogP contribution in [0.15, 0.2) is 17.0 Å². The molecule has 0 spiro atoms. The SMILES string of the molecule is N#Cc1cc(F)c(S)cc1[N+](=O)[O-]. The lowest BCUT2D eigenvalue weighted by Crippen LogP contribution is -1.94. The van der Waals surface area contributed by atoms with Gasteiger partial charge in [-0.1, -0.05) is 0 Å². The molecule has 66 valence electrons. The lowest BCUT2D eigenvalue weighted by Gasteiger charge is -1.97. The van der Waals surface area contributed by atoms with Crippen LogP contribution in [0.3, 0.4) is 0 Å². The zero-order valence-corrected chi connectivity index (χ0v) is 7.09. The summed E-state index contributed by atoms with van der Waals surface area (Å²) in [7, 11) is 0. The highest BCUT2D eigenvalue weighted by atomic mass is 32.1. The van der Waals surface area contributed by atoms with Gasteiger partial charge in [0.05, 0.1) is 4.92 Å². The highest BCUT2D eigenvalue weighted by Crippen LogP contribution is 2.24. The van der Waals surface area contributed by atoms with E-state index in [2.05, 4.69) is 12.6 Å². The van der Waals surface area contributed by atoms with Crippen LogP contribution in [-0.4, -0.2) is 4.92 Å². The number of hydrogen-bond donors (Lipinski definition) is 1. The molecule has 0 N–H and O–H groups in total. The van der Waals surface area contributed by atoms with Gasteiger partial charge in [0.15, 0.2) is 0 Å². The molecule has 0 bridgehead atoms. The Kier molecular flexibility index (Phi) is 2.49. The summed E-state index contributed by atoms with van der Waals surface area (Å²) in [5, 5.41) is 18.8. The Hall–Kier alpha value is -1.61. The van der Waals surface area contributed by atoms with Crippen LogP contribution < -0.4 is 0 Å². The normalized spacial score (nSPS) is 9.31. The molecule has 0 aliphatic carbocycles. The maximum Gasteiger partial charge on any atom is 0.288 e. The summed E-state index contributed by atoms with van der Waals surface area (Å²) in [5.74, 6) is -0.745. The van der Waals surface area contributed by atoms with Crippen LogP contribution in [-0.2, 0) is 0 Å². The maximum atomic E-state index is 12.8. The second kappa shape index (κ2) is 3.41. The van der Waals surface area contributed by atoms with Crippen molar-refractivity contribution in [2.45, 2.75) is 4.90 Å². The fourth-order valence-electron chi connectivity index (χ4n) is 0.791. The number of rotatable bonds is 1. The summed E-state index contributed by atoms with van der Waals surface area (Å²) in [6, 6.07) is 3.24. The van der Waals surface area contributed by atoms with Crippen LogP contribution in [0.5, 0.6) is 0 Å². The fourth-order valence-corrected chi connectivity index (χ4v) is 0.978. The Labute approximate surface area is 78.2 Å². The average Bonchev–Trinajstić information content (AvgIpc) is 2.08. The van der Waals surface area contributed by atoms with Gasteiger partial charge in [-0.3, -0.25) is 10.1 Å². The third-order valence-electron chi connectivity index (χ3n) is 1.38. The zero-order chi connectivity index (χ0) is 10.0. The fraction of sp³-hybridized carbons (Fsp3) is 0. The number of nitro benzene ring substituents is 1. The van der Waals surface area contributed by atoms with Gasteiger partial charge in [-0.25, -0.2) is 4.39 Å². The van der Waals surface area contributed by atoms with Crippen molar-refractivity contribution < 1.29 is 9.31 Å². The van der Waals surface area contributed by atoms with Crippen molar-refractivity contribution in [3.05, 3.63) is 33.6 Å². The van der Waals surface area contributed by atoms with E-state index in [0.717, 1.165) is 12.1 Å². The molecule has 0 fully saturated rings. The van der Waals surface area contributed by atoms with Crippen LogP contribution in [0.25, 0.3) is 0 Å². The van der Waals surface area contributed by atoms with E-state index in [-0.39, 0.29) is 10.5 Å². The standard InChI is InChI=1S/C7H3FN2O2S/c8-5-1-4(3-9)6(10(11)12)2-7(5)13/h1-2,13H. The van der Waals surface area contributed by atoms with E-state index in [1.165, 1.54) is 6.07 Å². The highest BCUT2D eigenvalue weighted by Gasteiger charge is 2.16. The van der Waals surface area contributed by atoms with Crippen LogP contribution in [0.4, 0.5) is 10.1 Å². The van der Waals surface area contributed by atoms with Gasteiger partial charge in [0.1, 0.15) is 17.4 Å². The predicted molar refractivity (Wildman–Crippen MR) is 45.0 cm³/mol. The smallest absolute Gasteiger partial charge is 0.258 e. The van der Waals surface area contributed by atoms with E-state index in [0.29, 0.717) is 0 Å². The van der Waals surface area contributed by atoms with Gasteiger partial charge in [0, 0.05) is 11.0 Å². The number of hydrogen-bond acceptors (Lipinski definition) is 4. The molecule has 0 unspecified atom stereocenters. The Morgan fingerprint density at radius 2 is 2.23 bits per heavy atom. The molecule has 0 heterocycles. The Bertz CT molecular complexity index is 414. The quantitative estimate of drug-likeness (QED) is 0.425. The predicted octanol–water partition coefficient (Wildman–Crippen LogP) is 1.89. The number of halogens is 1. The minimum absolute atomic E-state index is 0.147. The van der Waals surface area contributed by atoms with E-state index in [4.69, 9.17) is 5.26 Å². The van der Waals surface area contributed by atoms with E-state index >= 15 is 0 Å². The second-order valence-corrected chi connectivity index (χ2v) is 2.67. The van der Waals surface area contributed by atoms with Crippen molar-refractivity contribution in [3.63, 3.8) is 0 Å². The molecule has 0 aliphatic rings. The van der Waals surface area contributed by atoms with Crippen LogP contribution in [0.2, 0.25) is 0 Å². The lowest BCUT2D eigenvalue weighted by molar-refractivity contribution is -0.385. The molecular formula is C7H3FN2O2S. The Morgan fingerprint density at radius 3 is 2.69 bits per heavy atom. The third-order valence-corrected chi connectivity index (χ3v) is 1.73. The van der Waals surface area contributed by atoms with Gasteiger partial charge in [-0.05, 0) is 6.07 Å². The van der Waals surface area contributed by atoms with Gasteiger partial charge in [-0.15, -0.1) is 12.6 Å². The van der Waals surface area contributed by atoms with Gasteiger partial charge in [0.25, 0.3) is 5.69 Å². The highest BCUT2D eigenvalue weighted by molar-refractivity contribution is 7.80. The summed E-state index contributed by atoms with van der Waals surface area (Å²) < 4.78 is 12.8. The van der Waals surface area contributed by atoms with E-state index in [1.807, 2.05) is 0 Å². The lowest BCUT2D eigenvalue weighted by atomic mass is 10.2. The molecule has 1 rings (SSSR count). The molecule has 13 heavy (non-hydrogen) atoms. The maximum absolute atomic E-state index is 12.8. The first-order chi connectivity index (χ1) is 6.06. The van der Waals surface area contributed by atoms with Crippen molar-refractivity contribution in [2.75, 3.05) is 0 Å². The molecule has 0 aliphatic heterocycles. The second-order valence-electron chi connectivity index (χ2n) is 2.19. The molecule has 6 heteroatoms. The van der Waals surface area contributed by atoms with Crippen LogP contribution in [0, 0.1) is 27.3 Å². The molecule has 0 saturated heterocycles. The number of nitrogens with zero attached hydrogens (tertiary/aromatic N) is 2. The largest absolute Gasteiger partial charge is 0.288 e. The van der Waals surface area contributed by atoms with Crippen molar-refractivity contribution in [1.29, 1.82) is 5.26 Å². The first-order valence-electron chi connectivity index (χ1n) is 3.13. The topological polar surface area (TPSA) is 66.9 Å². The molecule has 0 amide bonds. The summed E-state index contributed by atoms with van der Waals surface area (Å²) >= 11 is 3.66. The van der Waals surface area contributed by atoms with Crippen LogP contribution in [0.1, 0.15) is 5.56 Å². The summed E-state index contributed by atoms with van der Waals surface area (Å²) in [5.41, 5.74) is -0.741. The summed E-state index contributed by atoms with van der Waals surface area (Å²) in [4.78, 5) is 9.44. The van der Waals surface area contributed by atoms with E-state index in [9.17, 15) is 14.5 Å². The third kappa shape index (κ3) is 1.76. The molecule has 1 aromatic carbocycles. The monoisotopic (exact) mass is 198 g/mol. The van der Waals surface area contributed by atoms with E-state index in [1.54, 1.807) is 0 Å². The van der Waals surface area contributed by atoms with Gasteiger partial charge < -0.3 is 0 Å². The Balaban J connectivity index is 3.44. The average molecular weight is 198 g/mol. The summed E-state index contributed by atoms with van der Waals surface area (Å²) in [6.45, 7) is 0. The summed E-state index contributed by atoms with van der Waals surface area (Å²) in [6.07, 6.45) is 0. The van der Waals surface area contributed by atoms with Gasteiger partial charge in [-0.2, -0.15) is 5.26 Å². The molecule has 4 nitrogen and oxygen atoms in total. The van der Waals surface area contributed by atoms with Crippen molar-refractivity contribution in [1.82, 2.24) is 0 Å².